The van der Waals surface area contributed by atoms with Crippen LogP contribution in [0.4, 0.5) is 0 Å². The van der Waals surface area contributed by atoms with E-state index in [-0.39, 0.29) is 0 Å². The quantitative estimate of drug-likeness (QED) is 0.180. The summed E-state index contributed by atoms with van der Waals surface area (Å²) in [4.78, 5) is 15.4. The Labute approximate surface area is 329 Å². The molecule has 0 amide bonds. The van der Waals surface area contributed by atoms with Crippen LogP contribution in [0.3, 0.4) is 0 Å². The predicted molar refractivity (Wildman–Crippen MR) is 238 cm³/mol. The van der Waals surface area contributed by atoms with Gasteiger partial charge in [-0.05, 0) is 42.5 Å². The fourth-order valence-corrected chi connectivity index (χ4v) is 10.5. The van der Waals surface area contributed by atoms with Gasteiger partial charge in [0.25, 0.3) is 0 Å². The lowest BCUT2D eigenvalue weighted by atomic mass is 10.0. The summed E-state index contributed by atoms with van der Waals surface area (Å²) in [5.41, 5.74) is 10.2. The van der Waals surface area contributed by atoms with E-state index >= 15 is 0 Å². The molecule has 0 N–H and O–H groups in total. The third kappa shape index (κ3) is 4.30. The lowest BCUT2D eigenvalue weighted by Crippen LogP contribution is -2.01. The maximum Gasteiger partial charge on any atom is 0.165 e. The first-order chi connectivity index (χ1) is 28.3. The molecule has 0 saturated heterocycles. The van der Waals surface area contributed by atoms with Crippen molar-refractivity contribution in [3.05, 3.63) is 176 Å². The molecule has 6 heteroatoms. The van der Waals surface area contributed by atoms with Crippen molar-refractivity contribution in [1.29, 1.82) is 0 Å². The number of fused-ring (bicyclic) bond motifs is 12. The lowest BCUT2D eigenvalue weighted by Gasteiger charge is -2.13. The molecule has 0 atom stereocenters. The van der Waals surface area contributed by atoms with Crippen LogP contribution in [0.1, 0.15) is 0 Å². The van der Waals surface area contributed by atoms with E-state index in [1.165, 1.54) is 75.4 Å². The van der Waals surface area contributed by atoms with Gasteiger partial charge in [-0.3, -0.25) is 0 Å². The van der Waals surface area contributed by atoms with Gasteiger partial charge in [-0.2, -0.15) is 0 Å². The topological polar surface area (TPSA) is 48.0 Å². The average Bonchev–Trinajstić information content (AvgIpc) is 4.02. The minimum Gasteiger partial charge on any atom is -0.309 e. The maximum absolute atomic E-state index is 5.18. The van der Waals surface area contributed by atoms with E-state index in [2.05, 4.69) is 148 Å². The third-order valence-corrected chi connectivity index (χ3v) is 12.9. The molecule has 264 valence electrons. The van der Waals surface area contributed by atoms with Gasteiger partial charge in [-0.1, -0.05) is 133 Å². The van der Waals surface area contributed by atoms with E-state index < -0.39 is 0 Å². The summed E-state index contributed by atoms with van der Waals surface area (Å²) in [6, 6.07) is 62.9. The molecule has 0 spiro atoms. The molecule has 5 nitrogen and oxygen atoms in total. The SMILES string of the molecule is c1ccc(-c2nc(-c3ccccc3)nc(-c3ccc(-n4c5ccccc5c5cc6c(cc54)c4cccc5c7ccccc7n6c54)c4c3sc3ccccc34)n2)cc1. The van der Waals surface area contributed by atoms with Crippen LogP contribution in [-0.4, -0.2) is 23.9 Å². The van der Waals surface area contributed by atoms with Crippen molar-refractivity contribution in [2.45, 2.75) is 0 Å². The fraction of sp³-hybridized carbons (Fsp3) is 0. The number of benzene rings is 8. The molecule has 5 aromatic heterocycles. The highest BCUT2D eigenvalue weighted by Gasteiger charge is 2.24. The molecule has 0 aliphatic heterocycles. The second-order valence-corrected chi connectivity index (χ2v) is 15.8. The standard InChI is InChI=1S/C51H29N5S/c1-3-14-30(15-4-1)49-52-50(31-16-5-2-6-17-31)54-51(53-49)37-26-27-42(46-36-20-9-12-25-45(36)57-48(37)46)55-40-23-10-8-19-33(40)38-28-44-39(29-43(38)55)35-22-13-21-34-32-18-7-11-24-41(32)56(44)47(34)35/h1-29H. The van der Waals surface area contributed by atoms with Crippen molar-refractivity contribution in [1.82, 2.24) is 23.9 Å². The molecule has 0 radical (unpaired) electrons. The van der Waals surface area contributed by atoms with Crippen molar-refractivity contribution in [2.24, 2.45) is 0 Å². The summed E-state index contributed by atoms with van der Waals surface area (Å²) in [6.07, 6.45) is 0. The highest BCUT2D eigenvalue weighted by Crippen LogP contribution is 2.47. The summed E-state index contributed by atoms with van der Waals surface area (Å²) < 4.78 is 7.33. The van der Waals surface area contributed by atoms with Gasteiger partial charge in [-0.15, -0.1) is 11.3 Å². The number of nitrogens with zero attached hydrogens (tertiary/aromatic N) is 5. The second kappa shape index (κ2) is 11.6. The first-order valence-corrected chi connectivity index (χ1v) is 20.0. The van der Waals surface area contributed by atoms with Gasteiger partial charge in [-0.25, -0.2) is 15.0 Å². The Morgan fingerprint density at radius 2 is 0.930 bits per heavy atom. The first kappa shape index (κ1) is 30.9. The number of thiophene rings is 1. The van der Waals surface area contributed by atoms with Crippen LogP contribution < -0.4 is 0 Å². The summed E-state index contributed by atoms with van der Waals surface area (Å²) >= 11 is 1.80. The Morgan fingerprint density at radius 3 is 1.67 bits per heavy atom. The maximum atomic E-state index is 5.18. The molecule has 0 unspecified atom stereocenters. The van der Waals surface area contributed by atoms with Crippen molar-refractivity contribution in [3.63, 3.8) is 0 Å². The average molecular weight is 744 g/mol. The minimum atomic E-state index is 0.655. The largest absolute Gasteiger partial charge is 0.309 e. The molecule has 0 bridgehead atoms. The van der Waals surface area contributed by atoms with Gasteiger partial charge in [0, 0.05) is 69.2 Å². The first-order valence-electron chi connectivity index (χ1n) is 19.2. The van der Waals surface area contributed by atoms with E-state index in [1.807, 2.05) is 36.4 Å². The van der Waals surface area contributed by atoms with E-state index in [1.54, 1.807) is 11.3 Å². The van der Waals surface area contributed by atoms with E-state index in [0.717, 1.165) is 27.1 Å². The minimum absolute atomic E-state index is 0.655. The summed E-state index contributed by atoms with van der Waals surface area (Å²) in [7, 11) is 0. The van der Waals surface area contributed by atoms with E-state index in [0.29, 0.717) is 17.5 Å². The Hall–Kier alpha value is -7.41. The van der Waals surface area contributed by atoms with Gasteiger partial charge in [0.1, 0.15) is 0 Å². The number of aromatic nitrogens is 5. The van der Waals surface area contributed by atoms with Crippen molar-refractivity contribution in [2.75, 3.05) is 0 Å². The smallest absolute Gasteiger partial charge is 0.165 e. The molecular formula is C51H29N5S. The molecule has 0 saturated carbocycles. The van der Waals surface area contributed by atoms with E-state index in [4.69, 9.17) is 15.0 Å². The molecule has 0 fully saturated rings. The van der Waals surface area contributed by atoms with E-state index in [9.17, 15) is 0 Å². The molecule has 5 heterocycles. The van der Waals surface area contributed by atoms with Crippen LogP contribution in [0.2, 0.25) is 0 Å². The number of hydrogen-bond acceptors (Lipinski definition) is 4. The molecule has 0 aliphatic carbocycles. The van der Waals surface area contributed by atoms with Crippen LogP contribution in [-0.2, 0) is 0 Å². The highest BCUT2D eigenvalue weighted by atomic mass is 32.1. The Kier molecular flexibility index (Phi) is 6.26. The fourth-order valence-electron chi connectivity index (χ4n) is 9.25. The molecule has 0 aliphatic rings. The van der Waals surface area contributed by atoms with Crippen LogP contribution in [0.5, 0.6) is 0 Å². The highest BCUT2D eigenvalue weighted by molar-refractivity contribution is 7.26. The van der Waals surface area contributed by atoms with Crippen LogP contribution in [0, 0.1) is 0 Å². The monoisotopic (exact) mass is 743 g/mol. The summed E-state index contributed by atoms with van der Waals surface area (Å²) in [5.74, 6) is 1.97. The zero-order valence-electron chi connectivity index (χ0n) is 30.4. The normalized spacial score (nSPS) is 12.2. The number of rotatable bonds is 4. The molecule has 13 aromatic rings. The summed E-state index contributed by atoms with van der Waals surface area (Å²) in [5, 5.41) is 9.99. The van der Waals surface area contributed by atoms with Gasteiger partial charge in [0.2, 0.25) is 0 Å². The zero-order chi connectivity index (χ0) is 37.2. The van der Waals surface area contributed by atoms with Gasteiger partial charge < -0.3 is 8.97 Å². The predicted octanol–water partition coefficient (Wildman–Crippen LogP) is 13.5. The Bertz CT molecular complexity index is 3690. The Morgan fingerprint density at radius 1 is 0.386 bits per heavy atom. The molecule has 13 rings (SSSR count). The van der Waals surface area contributed by atoms with Gasteiger partial charge in [0.05, 0.1) is 33.3 Å². The zero-order valence-corrected chi connectivity index (χ0v) is 31.2. The van der Waals surface area contributed by atoms with Crippen LogP contribution in [0.15, 0.2) is 176 Å². The van der Waals surface area contributed by atoms with Gasteiger partial charge in [0.15, 0.2) is 17.5 Å². The molecule has 8 aromatic carbocycles. The second-order valence-electron chi connectivity index (χ2n) is 14.8. The lowest BCUT2D eigenvalue weighted by molar-refractivity contribution is 1.08. The number of hydrogen-bond donors (Lipinski definition) is 0. The molecule has 57 heavy (non-hydrogen) atoms. The van der Waals surface area contributed by atoms with Crippen molar-refractivity contribution in [3.8, 4) is 39.9 Å². The third-order valence-electron chi connectivity index (χ3n) is 11.7. The van der Waals surface area contributed by atoms with Crippen LogP contribution >= 0.6 is 11.3 Å². The Balaban J connectivity index is 1.13. The van der Waals surface area contributed by atoms with Crippen molar-refractivity contribution < 1.29 is 0 Å². The number of para-hydroxylation sites is 3. The van der Waals surface area contributed by atoms with Crippen molar-refractivity contribution >= 4 is 91.4 Å². The van der Waals surface area contributed by atoms with Crippen LogP contribution in [0.25, 0.3) is 120 Å². The summed E-state index contributed by atoms with van der Waals surface area (Å²) in [6.45, 7) is 0. The van der Waals surface area contributed by atoms with Gasteiger partial charge >= 0.3 is 0 Å². The molecular weight excluding hydrogens is 715 g/mol.